The zero-order chi connectivity index (χ0) is 33.8. The molecular formula is C38H30Cl2N2O5S. The number of benzene rings is 5. The van der Waals surface area contributed by atoms with Crippen LogP contribution in [-0.2, 0) is 21.0 Å². The molecule has 10 heteroatoms. The predicted molar refractivity (Wildman–Crippen MR) is 189 cm³/mol. The molecule has 7 nitrogen and oxygen atoms in total. The van der Waals surface area contributed by atoms with Crippen LogP contribution in [0.15, 0.2) is 126 Å². The van der Waals surface area contributed by atoms with E-state index < -0.39 is 9.84 Å². The molecule has 0 aliphatic carbocycles. The molecule has 0 N–H and O–H groups in total. The topological polar surface area (TPSA) is 87.5 Å². The molecule has 0 amide bonds. The third-order valence-electron chi connectivity index (χ3n) is 7.63. The summed E-state index contributed by atoms with van der Waals surface area (Å²) in [7, 11) is -3.27. The summed E-state index contributed by atoms with van der Waals surface area (Å²) < 4.78 is 36.5. The minimum absolute atomic E-state index is 0.244. The van der Waals surface area contributed by atoms with Crippen LogP contribution in [0.4, 0.5) is 0 Å². The van der Waals surface area contributed by atoms with Gasteiger partial charge in [-0.25, -0.2) is 18.2 Å². The van der Waals surface area contributed by atoms with Gasteiger partial charge in [-0.15, -0.1) is 0 Å². The lowest BCUT2D eigenvalue weighted by atomic mass is 10.0. The van der Waals surface area contributed by atoms with Crippen molar-refractivity contribution in [3.63, 3.8) is 0 Å². The standard InChI is InChI=1S/C38H30Cl2N2O5S/c1-3-46-38(43)28-8-13-30(14-9-28)42-24-36(34-21-12-29(39)23-35(34)40)41-37(42)22-25-4-6-26(7-5-25)27-10-15-31(16-11-27)47-32-17-19-33(20-18-32)48(2,44)45/h4-21,23-24H,3,22H2,1-2H3. The molecule has 1 aromatic heterocycles. The van der Waals surface area contributed by atoms with Crippen molar-refractivity contribution < 1.29 is 22.7 Å². The second-order valence-corrected chi connectivity index (χ2v) is 13.9. The third kappa shape index (κ3) is 7.63. The second-order valence-electron chi connectivity index (χ2n) is 11.0. The number of carbonyl (C=O) groups is 1. The van der Waals surface area contributed by atoms with Crippen molar-refractivity contribution in [1.29, 1.82) is 0 Å². The van der Waals surface area contributed by atoms with Crippen molar-refractivity contribution in [1.82, 2.24) is 9.55 Å². The fourth-order valence-electron chi connectivity index (χ4n) is 5.17. The van der Waals surface area contributed by atoms with Crippen LogP contribution in [0.3, 0.4) is 0 Å². The van der Waals surface area contributed by atoms with E-state index in [-0.39, 0.29) is 10.9 Å². The molecular weight excluding hydrogens is 667 g/mol. The van der Waals surface area contributed by atoms with Gasteiger partial charge in [-0.2, -0.15) is 0 Å². The van der Waals surface area contributed by atoms with Crippen LogP contribution < -0.4 is 4.74 Å². The molecule has 0 fully saturated rings. The van der Waals surface area contributed by atoms with Gasteiger partial charge in [0.25, 0.3) is 0 Å². The number of sulfone groups is 1. The summed E-state index contributed by atoms with van der Waals surface area (Å²) in [4.78, 5) is 17.4. The Morgan fingerprint density at radius 3 is 1.98 bits per heavy atom. The molecule has 0 saturated carbocycles. The molecule has 0 atom stereocenters. The summed E-state index contributed by atoms with van der Waals surface area (Å²) in [6.07, 6.45) is 3.64. The first kappa shape index (κ1) is 33.0. The Kier molecular flexibility index (Phi) is 9.68. The van der Waals surface area contributed by atoms with Crippen molar-refractivity contribution in [3.8, 4) is 39.6 Å². The van der Waals surface area contributed by atoms with E-state index in [1.165, 1.54) is 18.4 Å². The van der Waals surface area contributed by atoms with E-state index >= 15 is 0 Å². The van der Waals surface area contributed by atoms with Crippen LogP contribution in [-0.4, -0.2) is 36.8 Å². The Balaban J connectivity index is 1.22. The number of hydrogen-bond acceptors (Lipinski definition) is 6. The van der Waals surface area contributed by atoms with Crippen molar-refractivity contribution in [3.05, 3.63) is 148 Å². The Morgan fingerprint density at radius 2 is 1.40 bits per heavy atom. The van der Waals surface area contributed by atoms with E-state index in [1.54, 1.807) is 43.3 Å². The molecule has 1 heterocycles. The minimum atomic E-state index is -3.27. The molecule has 242 valence electrons. The van der Waals surface area contributed by atoms with Gasteiger partial charge in [0.1, 0.15) is 17.3 Å². The average Bonchev–Trinajstić information content (AvgIpc) is 3.48. The lowest BCUT2D eigenvalue weighted by Gasteiger charge is -2.10. The number of ether oxygens (including phenoxy) is 2. The maximum atomic E-state index is 12.2. The van der Waals surface area contributed by atoms with E-state index in [0.29, 0.717) is 45.8 Å². The van der Waals surface area contributed by atoms with Crippen LogP contribution in [0, 0.1) is 0 Å². The summed E-state index contributed by atoms with van der Waals surface area (Å²) in [5.41, 5.74) is 5.89. The molecule has 0 saturated heterocycles. The first-order valence-electron chi connectivity index (χ1n) is 15.1. The molecule has 0 bridgehead atoms. The maximum absolute atomic E-state index is 12.2. The van der Waals surface area contributed by atoms with E-state index in [1.807, 2.05) is 53.2 Å². The highest BCUT2D eigenvalue weighted by Crippen LogP contribution is 2.32. The van der Waals surface area contributed by atoms with Gasteiger partial charge in [0.2, 0.25) is 0 Å². The third-order valence-corrected chi connectivity index (χ3v) is 9.31. The SMILES string of the molecule is CCOC(=O)c1ccc(-n2cc(-c3ccc(Cl)cc3Cl)nc2Cc2ccc(-c3ccc(Oc4ccc(S(C)(=O)=O)cc4)cc3)cc2)cc1. The van der Waals surface area contributed by atoms with E-state index in [2.05, 4.69) is 24.3 Å². The van der Waals surface area contributed by atoms with Gasteiger partial charge in [0.15, 0.2) is 9.84 Å². The molecule has 5 aromatic carbocycles. The fourth-order valence-corrected chi connectivity index (χ4v) is 6.31. The maximum Gasteiger partial charge on any atom is 0.338 e. The highest BCUT2D eigenvalue weighted by atomic mass is 35.5. The predicted octanol–water partition coefficient (Wildman–Crippen LogP) is 9.48. The number of carbonyl (C=O) groups excluding carboxylic acids is 1. The van der Waals surface area contributed by atoms with Crippen molar-refractivity contribution >= 4 is 39.0 Å². The fraction of sp³-hybridized carbons (Fsp3) is 0.105. The Labute approximate surface area is 289 Å². The van der Waals surface area contributed by atoms with Crippen LogP contribution >= 0.6 is 23.2 Å². The minimum Gasteiger partial charge on any atom is -0.462 e. The molecule has 48 heavy (non-hydrogen) atoms. The van der Waals surface area contributed by atoms with Crippen LogP contribution in [0.2, 0.25) is 10.0 Å². The average molecular weight is 698 g/mol. The Hall–Kier alpha value is -4.89. The summed E-state index contributed by atoms with van der Waals surface area (Å²) >= 11 is 12.7. The first-order chi connectivity index (χ1) is 23.1. The summed E-state index contributed by atoms with van der Waals surface area (Å²) in [6, 6.07) is 34.9. The second kappa shape index (κ2) is 14.1. The van der Waals surface area contributed by atoms with Crippen molar-refractivity contribution in [2.45, 2.75) is 18.2 Å². The van der Waals surface area contributed by atoms with Gasteiger partial charge in [0.05, 0.1) is 27.8 Å². The summed E-state index contributed by atoms with van der Waals surface area (Å²) in [6.45, 7) is 2.08. The van der Waals surface area contributed by atoms with E-state index in [9.17, 15) is 13.2 Å². The molecule has 0 spiro atoms. The molecule has 0 aliphatic rings. The van der Waals surface area contributed by atoms with Crippen molar-refractivity contribution in [2.75, 3.05) is 12.9 Å². The number of hydrogen-bond donors (Lipinski definition) is 0. The lowest BCUT2D eigenvalue weighted by molar-refractivity contribution is 0.0526. The van der Waals surface area contributed by atoms with E-state index in [0.717, 1.165) is 33.8 Å². The zero-order valence-electron chi connectivity index (χ0n) is 26.1. The van der Waals surface area contributed by atoms with Gasteiger partial charge in [-0.3, -0.25) is 0 Å². The molecule has 0 unspecified atom stereocenters. The van der Waals surface area contributed by atoms with Gasteiger partial charge < -0.3 is 14.0 Å². The van der Waals surface area contributed by atoms with Gasteiger partial charge in [-0.1, -0.05) is 59.6 Å². The lowest BCUT2D eigenvalue weighted by Crippen LogP contribution is -2.05. The number of esters is 1. The number of rotatable bonds is 10. The smallest absolute Gasteiger partial charge is 0.338 e. The van der Waals surface area contributed by atoms with Crippen LogP contribution in [0.5, 0.6) is 11.5 Å². The van der Waals surface area contributed by atoms with Gasteiger partial charge in [-0.05, 0) is 102 Å². The normalized spacial score (nSPS) is 11.3. The summed E-state index contributed by atoms with van der Waals surface area (Å²) in [5.74, 6) is 1.61. The Morgan fingerprint density at radius 1 is 0.792 bits per heavy atom. The monoisotopic (exact) mass is 696 g/mol. The number of nitrogens with zero attached hydrogens (tertiary/aromatic N) is 2. The van der Waals surface area contributed by atoms with Gasteiger partial charge in [0, 0.05) is 35.1 Å². The molecule has 6 rings (SSSR count). The quantitative estimate of drug-likeness (QED) is 0.133. The highest BCUT2D eigenvalue weighted by Gasteiger charge is 2.16. The Bertz CT molecular complexity index is 2180. The summed E-state index contributed by atoms with van der Waals surface area (Å²) in [5, 5.41) is 1.04. The largest absolute Gasteiger partial charge is 0.462 e. The van der Waals surface area contributed by atoms with Gasteiger partial charge >= 0.3 is 5.97 Å². The first-order valence-corrected chi connectivity index (χ1v) is 17.7. The van der Waals surface area contributed by atoms with Crippen LogP contribution in [0.25, 0.3) is 28.1 Å². The number of aromatic nitrogens is 2. The molecule has 0 radical (unpaired) electrons. The van der Waals surface area contributed by atoms with E-state index in [4.69, 9.17) is 37.7 Å². The van der Waals surface area contributed by atoms with Crippen LogP contribution in [0.1, 0.15) is 28.7 Å². The van der Waals surface area contributed by atoms with Crippen molar-refractivity contribution in [2.24, 2.45) is 0 Å². The number of halogens is 2. The molecule has 0 aliphatic heterocycles. The molecule has 6 aromatic rings. The number of imidazole rings is 1. The highest BCUT2D eigenvalue weighted by molar-refractivity contribution is 7.90. The zero-order valence-corrected chi connectivity index (χ0v) is 28.4.